The fourth-order valence-electron chi connectivity index (χ4n) is 0.423. The van der Waals surface area contributed by atoms with Crippen LogP contribution in [-0.4, -0.2) is 60.9 Å². The number of aliphatic hydroxyl groups is 1. The summed E-state index contributed by atoms with van der Waals surface area (Å²) >= 11 is 0. The van der Waals surface area contributed by atoms with Gasteiger partial charge in [-0.3, -0.25) is 4.79 Å². The molecule has 0 aliphatic carbocycles. The molecule has 0 amide bonds. The fraction of sp³-hybridized carbons (Fsp3) is 0.750. The quantitative estimate of drug-likeness (QED) is 0.295. The molecule has 0 saturated heterocycles. The molecule has 2 N–H and O–H groups in total. The number of hydrogen-bond acceptors (Lipinski definition) is 4. The minimum Gasteiger partial charge on any atom is -1.00 e. The van der Waals surface area contributed by atoms with Crippen molar-refractivity contribution in [2.45, 2.75) is 6.42 Å². The fourth-order valence-corrected chi connectivity index (χ4v) is 0.423. The first kappa shape index (κ1) is 25.6. The van der Waals surface area contributed by atoms with Crippen molar-refractivity contribution in [3.63, 3.8) is 0 Å². The number of carboxylic acid groups (broad SMARTS) is 2. The summed E-state index contributed by atoms with van der Waals surface area (Å²) in [5.74, 6) is -2.94. The molecule has 0 aliphatic heterocycles. The predicted molar refractivity (Wildman–Crippen MR) is 49.5 cm³/mol. The average Bonchev–Trinajstić information content (AvgIpc) is 1.80. The Balaban J connectivity index is -0.0000000327. The van der Waals surface area contributed by atoms with Crippen molar-refractivity contribution in [2.24, 2.45) is 0 Å². The molecule has 0 rings (SSSR count). The average molecular weight is 255 g/mol. The van der Waals surface area contributed by atoms with Gasteiger partial charge in [0, 0.05) is 0 Å². The van der Waals surface area contributed by atoms with Gasteiger partial charge in [-0.15, -0.1) is 0 Å². The first-order valence-corrected chi connectivity index (χ1v) is 4.02. The molecule has 0 saturated carbocycles. The molecular weight excluding hydrogens is 236 g/mol. The Kier molecular flexibility index (Phi) is 22.3. The topological polar surface area (TPSA) is 97.7 Å². The van der Waals surface area contributed by atoms with Crippen molar-refractivity contribution < 1.29 is 91.4 Å². The Morgan fingerprint density at radius 2 is 1.62 bits per heavy atom. The van der Waals surface area contributed by atoms with Crippen LogP contribution in [0.5, 0.6) is 0 Å². The second-order valence-corrected chi connectivity index (χ2v) is 3.68. The second-order valence-electron chi connectivity index (χ2n) is 3.68. The van der Waals surface area contributed by atoms with E-state index in [-0.39, 0.29) is 68.6 Å². The van der Waals surface area contributed by atoms with Gasteiger partial charge in [-0.05, 0) is 0 Å². The molecule has 0 spiro atoms. The molecule has 16 heavy (non-hydrogen) atoms. The number of carbonyl (C=O) groups excluding carboxylic acids is 1. The molecule has 88 valence electrons. The number of hydrogen-bond donors (Lipinski definition) is 2. The van der Waals surface area contributed by atoms with E-state index in [1.54, 1.807) is 0 Å². The first-order valence-electron chi connectivity index (χ1n) is 4.02. The van der Waals surface area contributed by atoms with Crippen LogP contribution in [0.25, 0.3) is 0 Å². The molecule has 0 aromatic carbocycles. The van der Waals surface area contributed by atoms with E-state index >= 15 is 0 Å². The van der Waals surface area contributed by atoms with Crippen LogP contribution in [0.1, 0.15) is 9.27 Å². The summed E-state index contributed by atoms with van der Waals surface area (Å²) in [4.78, 5) is 18.7. The van der Waals surface area contributed by atoms with E-state index in [9.17, 15) is 14.7 Å². The third-order valence-electron chi connectivity index (χ3n) is 1.07. The molecule has 0 aliphatic rings. The van der Waals surface area contributed by atoms with Crippen LogP contribution in [0.3, 0.4) is 0 Å². The molecule has 0 bridgehead atoms. The number of aliphatic hydroxyl groups excluding tert-OH is 1. The van der Waals surface area contributed by atoms with Crippen LogP contribution in [0.4, 0.5) is 0 Å². The van der Waals surface area contributed by atoms with Gasteiger partial charge >= 0.3 is 65.1 Å². The maximum absolute atomic E-state index is 9.39. The molecule has 0 unspecified atom stereocenters. The van der Waals surface area contributed by atoms with Crippen molar-refractivity contribution >= 4 is 11.9 Å². The largest absolute Gasteiger partial charge is 1.00 e. The number of nitrogens with zero attached hydrogens (tertiary/aromatic N) is 1. The van der Waals surface area contributed by atoms with E-state index in [2.05, 4.69) is 21.1 Å². The Morgan fingerprint density at radius 3 is 1.62 bits per heavy atom. The smallest absolute Gasteiger partial charge is 1.00 e. The zero-order chi connectivity index (χ0) is 11.8. The maximum Gasteiger partial charge on any atom is 1.00 e. The summed E-state index contributed by atoms with van der Waals surface area (Å²) < 4.78 is 0.844. The Hall–Kier alpha value is 0.860. The van der Waals surface area contributed by atoms with Gasteiger partial charge in [0.2, 0.25) is 0 Å². The van der Waals surface area contributed by atoms with Gasteiger partial charge in [-0.2, -0.15) is 0 Å². The van der Waals surface area contributed by atoms with Gasteiger partial charge in [0.05, 0.1) is 40.1 Å². The standard InChI is InChI=1S/C5H14NO.C3H4O4.2Na.2H/c1-6(2,3)4-5-7;4-2(5)1-3(6)7;;;;/h7H,4-5H2,1-3H3;1H2,(H,4,5)(H,6,7);;;;/q+1;;2*+1;2*-1/p-1. The summed E-state index contributed by atoms with van der Waals surface area (Å²) in [6.45, 7) is 1.11. The van der Waals surface area contributed by atoms with Crippen molar-refractivity contribution in [3.8, 4) is 0 Å². The minimum atomic E-state index is -1.56. The summed E-state index contributed by atoms with van der Waals surface area (Å²) in [6.07, 6.45) is -0.917. The zero-order valence-electron chi connectivity index (χ0n) is 12.7. The van der Waals surface area contributed by atoms with E-state index in [0.717, 1.165) is 11.0 Å². The SMILES string of the molecule is C[N+](C)(C)CCO.O=C([O-])CC(=O)O.[H-].[H-].[Na+].[Na+]. The molecule has 0 heterocycles. The predicted octanol–water partition coefficient (Wildman–Crippen LogP) is -7.87. The minimum absolute atomic E-state index is 0. The van der Waals surface area contributed by atoms with Gasteiger partial charge in [0.25, 0.3) is 0 Å². The summed E-state index contributed by atoms with van der Waals surface area (Å²) in [6, 6.07) is 0. The third-order valence-corrected chi connectivity index (χ3v) is 1.07. The monoisotopic (exact) mass is 255 g/mol. The Labute approximate surface area is 143 Å². The van der Waals surface area contributed by atoms with Crippen LogP contribution >= 0.6 is 0 Å². The van der Waals surface area contributed by atoms with Gasteiger partial charge in [-0.25, -0.2) is 0 Å². The van der Waals surface area contributed by atoms with E-state index in [1.807, 2.05) is 0 Å². The van der Waals surface area contributed by atoms with Crippen LogP contribution in [-0.2, 0) is 9.59 Å². The number of aliphatic carboxylic acids is 2. The maximum atomic E-state index is 9.39. The van der Waals surface area contributed by atoms with Gasteiger partial charge in [0.1, 0.15) is 6.54 Å². The van der Waals surface area contributed by atoms with Crippen LogP contribution in [0, 0.1) is 0 Å². The van der Waals surface area contributed by atoms with Gasteiger partial charge < -0.3 is 27.5 Å². The molecule has 0 aromatic rings. The van der Waals surface area contributed by atoms with Crippen LogP contribution in [0.15, 0.2) is 0 Å². The Bertz CT molecular complexity index is 190. The van der Waals surface area contributed by atoms with Crippen molar-refractivity contribution in [1.29, 1.82) is 0 Å². The number of likely N-dealkylation sites (N-methyl/N-ethyl adjacent to an activating group) is 1. The number of rotatable bonds is 4. The summed E-state index contributed by atoms with van der Waals surface area (Å²) in [5.41, 5.74) is 0. The normalized spacial score (nSPS) is 8.75. The molecule has 0 atom stereocenters. The molecule has 8 heteroatoms. The molecular formula is C8H19NNa2O5. The van der Waals surface area contributed by atoms with Crippen molar-refractivity contribution in [1.82, 2.24) is 0 Å². The first-order chi connectivity index (χ1) is 6.19. The van der Waals surface area contributed by atoms with E-state index in [1.165, 1.54) is 0 Å². The molecule has 0 aromatic heterocycles. The number of carbonyl (C=O) groups is 2. The number of carboxylic acids is 2. The molecule has 0 fully saturated rings. The van der Waals surface area contributed by atoms with Crippen molar-refractivity contribution in [3.05, 3.63) is 0 Å². The van der Waals surface area contributed by atoms with E-state index in [4.69, 9.17) is 10.2 Å². The van der Waals surface area contributed by atoms with E-state index < -0.39 is 18.4 Å². The van der Waals surface area contributed by atoms with Crippen molar-refractivity contribution in [2.75, 3.05) is 34.3 Å². The zero-order valence-corrected chi connectivity index (χ0v) is 14.7. The second kappa shape index (κ2) is 13.9. The molecule has 0 radical (unpaired) electrons. The van der Waals surface area contributed by atoms with Crippen LogP contribution in [0.2, 0.25) is 0 Å². The van der Waals surface area contributed by atoms with Gasteiger partial charge in [0.15, 0.2) is 0 Å². The van der Waals surface area contributed by atoms with Gasteiger partial charge in [-0.1, -0.05) is 0 Å². The molecule has 6 nitrogen and oxygen atoms in total. The Morgan fingerprint density at radius 1 is 1.25 bits per heavy atom. The summed E-state index contributed by atoms with van der Waals surface area (Å²) in [5, 5.41) is 25.4. The van der Waals surface area contributed by atoms with Crippen LogP contribution < -0.4 is 64.2 Å². The number of quaternary nitrogens is 1. The summed E-state index contributed by atoms with van der Waals surface area (Å²) in [7, 11) is 6.16. The third kappa shape index (κ3) is 36.4. The van der Waals surface area contributed by atoms with E-state index in [0.29, 0.717) is 0 Å².